The number of hydrogen-bond acceptors (Lipinski definition) is 5. The molecule has 5 nitrogen and oxygen atoms in total. The zero-order chi connectivity index (χ0) is 13.0. The van der Waals surface area contributed by atoms with E-state index in [0.717, 1.165) is 18.2 Å². The van der Waals surface area contributed by atoms with Crippen LogP contribution in [0.4, 0.5) is 17.6 Å². The van der Waals surface area contributed by atoms with E-state index < -0.39 is 0 Å². The maximum absolute atomic E-state index is 5.68. The van der Waals surface area contributed by atoms with Crippen LogP contribution in [0.1, 0.15) is 45.4 Å². The van der Waals surface area contributed by atoms with Crippen molar-refractivity contribution in [2.24, 2.45) is 5.92 Å². The summed E-state index contributed by atoms with van der Waals surface area (Å²) in [6.45, 7) is 2.21. The standard InChI is InChI=1S/C13H23N5/c1-2-10(9-6-4-3-5-7-9)16-12-8-11(14)17-13(15)18-12/h8-10H,2-7H2,1H3,(H5,14,15,16,17,18). The summed E-state index contributed by atoms with van der Waals surface area (Å²) in [6.07, 6.45) is 7.77. The van der Waals surface area contributed by atoms with Gasteiger partial charge < -0.3 is 16.8 Å². The van der Waals surface area contributed by atoms with Crippen molar-refractivity contribution >= 4 is 17.6 Å². The summed E-state index contributed by atoms with van der Waals surface area (Å²) in [7, 11) is 0. The first-order chi connectivity index (χ1) is 8.69. The van der Waals surface area contributed by atoms with Crippen LogP contribution in [0.25, 0.3) is 0 Å². The molecule has 1 aliphatic rings. The van der Waals surface area contributed by atoms with E-state index in [1.807, 2.05) is 0 Å². The molecule has 0 aromatic carbocycles. The molecule has 2 rings (SSSR count). The Labute approximate surface area is 108 Å². The Kier molecular flexibility index (Phi) is 4.23. The third kappa shape index (κ3) is 3.24. The smallest absolute Gasteiger partial charge is 0.223 e. The number of hydrogen-bond donors (Lipinski definition) is 3. The van der Waals surface area contributed by atoms with Crippen LogP contribution in [-0.2, 0) is 0 Å². The van der Waals surface area contributed by atoms with Crippen molar-refractivity contribution in [1.29, 1.82) is 0 Å². The first kappa shape index (κ1) is 12.9. The number of anilines is 3. The molecule has 0 spiro atoms. The molecule has 1 unspecified atom stereocenters. The molecule has 1 heterocycles. The molecule has 1 fully saturated rings. The lowest BCUT2D eigenvalue weighted by molar-refractivity contribution is 0.312. The van der Waals surface area contributed by atoms with Crippen molar-refractivity contribution in [2.75, 3.05) is 16.8 Å². The lowest BCUT2D eigenvalue weighted by Crippen LogP contribution is -2.30. The van der Waals surface area contributed by atoms with Crippen LogP contribution in [0.5, 0.6) is 0 Å². The monoisotopic (exact) mass is 249 g/mol. The molecule has 0 amide bonds. The van der Waals surface area contributed by atoms with E-state index in [0.29, 0.717) is 11.9 Å². The lowest BCUT2D eigenvalue weighted by atomic mass is 9.83. The van der Waals surface area contributed by atoms with E-state index in [1.54, 1.807) is 6.07 Å². The van der Waals surface area contributed by atoms with Crippen molar-refractivity contribution < 1.29 is 0 Å². The van der Waals surface area contributed by atoms with Crippen molar-refractivity contribution in [1.82, 2.24) is 9.97 Å². The maximum Gasteiger partial charge on any atom is 0.223 e. The van der Waals surface area contributed by atoms with E-state index in [1.165, 1.54) is 32.1 Å². The number of aromatic nitrogens is 2. The molecule has 5 N–H and O–H groups in total. The zero-order valence-corrected chi connectivity index (χ0v) is 11.0. The minimum atomic E-state index is 0.232. The van der Waals surface area contributed by atoms with Crippen LogP contribution in [0.3, 0.4) is 0 Å². The summed E-state index contributed by atoms with van der Waals surface area (Å²) in [5.41, 5.74) is 11.3. The van der Waals surface area contributed by atoms with Gasteiger partial charge in [0.15, 0.2) is 0 Å². The Morgan fingerprint density at radius 2 is 2.00 bits per heavy atom. The Balaban J connectivity index is 2.04. The summed E-state index contributed by atoms with van der Waals surface area (Å²) in [4.78, 5) is 8.08. The Morgan fingerprint density at radius 3 is 2.61 bits per heavy atom. The number of nitrogens with zero attached hydrogens (tertiary/aromatic N) is 2. The fourth-order valence-corrected chi connectivity index (χ4v) is 2.84. The van der Waals surface area contributed by atoms with E-state index >= 15 is 0 Å². The molecule has 1 atom stereocenters. The van der Waals surface area contributed by atoms with Crippen LogP contribution in [-0.4, -0.2) is 16.0 Å². The SMILES string of the molecule is CCC(Nc1cc(N)nc(N)n1)C1CCCCC1. The van der Waals surface area contributed by atoms with Crippen LogP contribution < -0.4 is 16.8 Å². The zero-order valence-electron chi connectivity index (χ0n) is 11.0. The van der Waals surface area contributed by atoms with Crippen LogP contribution in [0, 0.1) is 5.92 Å². The second kappa shape index (κ2) is 5.89. The normalized spacial score (nSPS) is 18.5. The van der Waals surface area contributed by atoms with Gasteiger partial charge in [-0.25, -0.2) is 0 Å². The van der Waals surface area contributed by atoms with Crippen molar-refractivity contribution in [2.45, 2.75) is 51.5 Å². The van der Waals surface area contributed by atoms with E-state index in [2.05, 4.69) is 22.2 Å². The molecule has 1 aliphatic carbocycles. The molecular weight excluding hydrogens is 226 g/mol. The second-order valence-corrected chi connectivity index (χ2v) is 5.09. The lowest BCUT2D eigenvalue weighted by Gasteiger charge is -2.30. The second-order valence-electron chi connectivity index (χ2n) is 5.09. The summed E-state index contributed by atoms with van der Waals surface area (Å²) >= 11 is 0. The Hall–Kier alpha value is -1.52. The quantitative estimate of drug-likeness (QED) is 0.762. The molecular formula is C13H23N5. The Morgan fingerprint density at radius 1 is 1.28 bits per heavy atom. The van der Waals surface area contributed by atoms with Crippen LogP contribution in [0.2, 0.25) is 0 Å². The summed E-state index contributed by atoms with van der Waals surface area (Å²) < 4.78 is 0. The van der Waals surface area contributed by atoms with Gasteiger partial charge in [0.05, 0.1) is 0 Å². The highest BCUT2D eigenvalue weighted by molar-refractivity contribution is 5.48. The minimum absolute atomic E-state index is 0.232. The number of rotatable bonds is 4. The third-order valence-electron chi connectivity index (χ3n) is 3.76. The fraction of sp³-hybridized carbons (Fsp3) is 0.692. The number of nitrogen functional groups attached to an aromatic ring is 2. The van der Waals surface area contributed by atoms with E-state index in [4.69, 9.17) is 11.5 Å². The van der Waals surface area contributed by atoms with Gasteiger partial charge >= 0.3 is 0 Å². The molecule has 1 aromatic heterocycles. The highest BCUT2D eigenvalue weighted by Crippen LogP contribution is 2.29. The molecule has 1 aromatic rings. The minimum Gasteiger partial charge on any atom is -0.383 e. The summed E-state index contributed by atoms with van der Waals surface area (Å²) in [6, 6.07) is 2.21. The molecule has 18 heavy (non-hydrogen) atoms. The van der Waals surface area contributed by atoms with Gasteiger partial charge in [-0.1, -0.05) is 26.2 Å². The van der Waals surface area contributed by atoms with Gasteiger partial charge in [-0.2, -0.15) is 9.97 Å². The molecule has 5 heteroatoms. The van der Waals surface area contributed by atoms with Crippen molar-refractivity contribution in [3.63, 3.8) is 0 Å². The van der Waals surface area contributed by atoms with Crippen LogP contribution in [0.15, 0.2) is 6.07 Å². The number of nitrogens with two attached hydrogens (primary N) is 2. The fourth-order valence-electron chi connectivity index (χ4n) is 2.84. The van der Waals surface area contributed by atoms with Gasteiger partial charge in [0.1, 0.15) is 11.6 Å². The topological polar surface area (TPSA) is 89.8 Å². The summed E-state index contributed by atoms with van der Waals surface area (Å²) in [5, 5.41) is 3.47. The van der Waals surface area contributed by atoms with Gasteiger partial charge in [0.25, 0.3) is 0 Å². The Bertz CT molecular complexity index is 367. The van der Waals surface area contributed by atoms with Gasteiger partial charge in [0.2, 0.25) is 5.95 Å². The van der Waals surface area contributed by atoms with Gasteiger partial charge in [-0.15, -0.1) is 0 Å². The molecule has 0 radical (unpaired) electrons. The predicted molar refractivity (Wildman–Crippen MR) is 75.1 cm³/mol. The molecule has 0 bridgehead atoms. The number of nitrogens with one attached hydrogen (secondary N) is 1. The van der Waals surface area contributed by atoms with Crippen molar-refractivity contribution in [3.8, 4) is 0 Å². The van der Waals surface area contributed by atoms with Crippen molar-refractivity contribution in [3.05, 3.63) is 6.07 Å². The molecule has 100 valence electrons. The first-order valence-electron chi connectivity index (χ1n) is 6.85. The third-order valence-corrected chi connectivity index (χ3v) is 3.76. The maximum atomic E-state index is 5.68. The highest BCUT2D eigenvalue weighted by atomic mass is 15.1. The van der Waals surface area contributed by atoms with E-state index in [9.17, 15) is 0 Å². The average Bonchev–Trinajstić information content (AvgIpc) is 2.36. The van der Waals surface area contributed by atoms with Crippen LogP contribution >= 0.6 is 0 Å². The van der Waals surface area contributed by atoms with Gasteiger partial charge in [0, 0.05) is 12.1 Å². The average molecular weight is 249 g/mol. The predicted octanol–water partition coefficient (Wildman–Crippen LogP) is 2.41. The molecule has 0 aliphatic heterocycles. The first-order valence-corrected chi connectivity index (χ1v) is 6.85. The highest BCUT2D eigenvalue weighted by Gasteiger charge is 2.22. The summed E-state index contributed by atoms with van der Waals surface area (Å²) in [5.74, 6) is 2.14. The van der Waals surface area contributed by atoms with Gasteiger partial charge in [-0.05, 0) is 25.2 Å². The molecule has 0 saturated heterocycles. The van der Waals surface area contributed by atoms with Gasteiger partial charge in [-0.3, -0.25) is 0 Å². The molecule has 1 saturated carbocycles. The van der Waals surface area contributed by atoms with E-state index in [-0.39, 0.29) is 5.95 Å². The largest absolute Gasteiger partial charge is 0.383 e.